The van der Waals surface area contributed by atoms with Gasteiger partial charge in [0.1, 0.15) is 6.04 Å². The molecule has 0 bridgehead atoms. The van der Waals surface area contributed by atoms with Crippen LogP contribution in [0.3, 0.4) is 0 Å². The maximum absolute atomic E-state index is 14.0. The molecule has 0 saturated carbocycles. The van der Waals surface area contributed by atoms with Crippen LogP contribution in [0.25, 0.3) is 0 Å². The van der Waals surface area contributed by atoms with E-state index in [-0.39, 0.29) is 17.5 Å². The van der Waals surface area contributed by atoms with Crippen molar-refractivity contribution in [1.82, 2.24) is 10.2 Å². The normalized spacial score (nSPS) is 13.5. The Morgan fingerprint density at radius 1 is 0.917 bits per heavy atom. The van der Waals surface area contributed by atoms with E-state index in [0.717, 1.165) is 27.8 Å². The summed E-state index contributed by atoms with van der Waals surface area (Å²) in [6.07, 6.45) is 1.38. The number of rotatable bonds is 12. The Bertz CT molecular complexity index is 1010. The molecule has 0 fully saturated rings. The summed E-state index contributed by atoms with van der Waals surface area (Å²) in [5.41, 5.74) is 8.06. The minimum Gasteiger partial charge on any atom is -0.357 e. The first-order valence-electron chi connectivity index (χ1n) is 12.2. The van der Waals surface area contributed by atoms with Gasteiger partial charge in [-0.2, -0.15) is 0 Å². The summed E-state index contributed by atoms with van der Waals surface area (Å²) in [5.74, 6) is -1.52. The highest BCUT2D eigenvalue weighted by Gasteiger charge is 2.40. The van der Waals surface area contributed by atoms with E-state index < -0.39 is 35.1 Å². The van der Waals surface area contributed by atoms with Crippen molar-refractivity contribution in [3.8, 4) is 0 Å². The molecule has 0 heterocycles. The van der Waals surface area contributed by atoms with Gasteiger partial charge in [-0.15, -0.1) is 0 Å². The molecule has 0 aliphatic rings. The monoisotopic (exact) mass is 511 g/mol. The Morgan fingerprint density at radius 2 is 1.47 bits per heavy atom. The van der Waals surface area contributed by atoms with Crippen LogP contribution in [-0.2, 0) is 32.0 Å². The van der Waals surface area contributed by atoms with Crippen LogP contribution in [0.5, 0.6) is 0 Å². The van der Waals surface area contributed by atoms with Crippen molar-refractivity contribution < 1.29 is 19.2 Å². The number of thioether (sulfide) groups is 1. The fraction of sp³-hybridized carbons (Fsp3) is 0.429. The Hall–Kier alpha value is -2.97. The summed E-state index contributed by atoms with van der Waals surface area (Å²) in [5, 5.41) is 1.52. The van der Waals surface area contributed by atoms with Crippen LogP contribution in [-0.4, -0.2) is 52.1 Å². The third kappa shape index (κ3) is 8.91. The predicted octanol–water partition coefficient (Wildman–Crippen LogP) is 3.35. The lowest BCUT2D eigenvalue weighted by Crippen LogP contribution is -2.59. The van der Waals surface area contributed by atoms with E-state index in [0.29, 0.717) is 19.3 Å². The van der Waals surface area contributed by atoms with E-state index in [1.807, 2.05) is 74.5 Å². The Labute approximate surface area is 218 Å². The van der Waals surface area contributed by atoms with E-state index >= 15 is 0 Å². The Balaban J connectivity index is 2.47. The third-order valence-corrected chi connectivity index (χ3v) is 6.83. The first-order valence-corrected chi connectivity index (χ1v) is 13.1. The van der Waals surface area contributed by atoms with Crippen molar-refractivity contribution in [2.24, 2.45) is 11.7 Å². The molecule has 3 amide bonds. The van der Waals surface area contributed by atoms with Gasteiger partial charge < -0.3 is 11.1 Å². The first kappa shape index (κ1) is 29.3. The fourth-order valence-electron chi connectivity index (χ4n) is 4.04. The average molecular weight is 512 g/mol. The van der Waals surface area contributed by atoms with Gasteiger partial charge in [0.05, 0.1) is 11.3 Å². The van der Waals surface area contributed by atoms with Crippen molar-refractivity contribution in [1.29, 1.82) is 0 Å². The summed E-state index contributed by atoms with van der Waals surface area (Å²) in [6, 6.07) is 16.8. The lowest BCUT2D eigenvalue weighted by molar-refractivity contribution is -0.152. The predicted molar refractivity (Wildman–Crippen MR) is 144 cm³/mol. The molecule has 7 nitrogen and oxygen atoms in total. The van der Waals surface area contributed by atoms with Gasteiger partial charge in [-0.25, -0.2) is 0 Å². The van der Waals surface area contributed by atoms with Crippen molar-refractivity contribution in [3.63, 3.8) is 0 Å². The zero-order valence-corrected chi connectivity index (χ0v) is 22.3. The molecular formula is C28H37N3O4S. The summed E-state index contributed by atoms with van der Waals surface area (Å²) in [6.45, 7) is 5.27. The lowest BCUT2D eigenvalue weighted by Gasteiger charge is -2.33. The molecular weight excluding hydrogens is 474 g/mol. The highest BCUT2D eigenvalue weighted by Crippen LogP contribution is 2.24. The summed E-state index contributed by atoms with van der Waals surface area (Å²) < 4.78 is 0. The molecule has 8 heteroatoms. The second kappa shape index (κ2) is 14.6. The van der Waals surface area contributed by atoms with Gasteiger partial charge >= 0.3 is 0 Å². The van der Waals surface area contributed by atoms with Gasteiger partial charge in [0, 0.05) is 20.4 Å². The van der Waals surface area contributed by atoms with E-state index in [1.54, 1.807) is 0 Å². The third-order valence-electron chi connectivity index (χ3n) is 5.77. The van der Waals surface area contributed by atoms with Gasteiger partial charge in [0.2, 0.25) is 17.7 Å². The van der Waals surface area contributed by atoms with Crippen LogP contribution in [0.15, 0.2) is 60.7 Å². The largest absolute Gasteiger partial charge is 0.357 e. The molecule has 0 aliphatic carbocycles. The number of benzene rings is 2. The second-order valence-electron chi connectivity index (χ2n) is 9.22. The van der Waals surface area contributed by atoms with E-state index in [9.17, 15) is 19.2 Å². The average Bonchev–Trinajstić information content (AvgIpc) is 2.86. The zero-order valence-electron chi connectivity index (χ0n) is 21.5. The molecule has 0 aliphatic heterocycles. The fourth-order valence-corrected chi connectivity index (χ4v) is 4.89. The highest BCUT2D eigenvalue weighted by atomic mass is 32.2. The lowest BCUT2D eigenvalue weighted by atomic mass is 9.98. The van der Waals surface area contributed by atoms with E-state index in [1.165, 1.54) is 14.0 Å². The van der Waals surface area contributed by atoms with Gasteiger partial charge in [0.15, 0.2) is 5.12 Å². The molecule has 2 rings (SSSR count). The summed E-state index contributed by atoms with van der Waals surface area (Å²) in [7, 11) is 1.47. The Kier molecular flexibility index (Phi) is 11.8. The number of amides is 3. The second-order valence-corrected chi connectivity index (χ2v) is 10.6. The minimum atomic E-state index is -1.10. The SMILES string of the molecule is CNC(=O)[C@H](Cc1ccccc1)N(C(=O)C(CCc1ccccc1)SC(C)=O)C(=O)[C@@H](N)CC(C)C. The van der Waals surface area contributed by atoms with Gasteiger partial charge in [0.25, 0.3) is 0 Å². The zero-order chi connectivity index (χ0) is 26.7. The molecule has 36 heavy (non-hydrogen) atoms. The smallest absolute Gasteiger partial charge is 0.246 e. The molecule has 0 radical (unpaired) electrons. The molecule has 0 aromatic heterocycles. The van der Waals surface area contributed by atoms with E-state index in [4.69, 9.17) is 5.73 Å². The molecule has 0 saturated heterocycles. The first-order chi connectivity index (χ1) is 17.1. The quantitative estimate of drug-likeness (QED) is 0.452. The van der Waals surface area contributed by atoms with Gasteiger partial charge in [-0.1, -0.05) is 86.3 Å². The van der Waals surface area contributed by atoms with Crippen molar-refractivity contribution in [2.45, 2.75) is 63.8 Å². The summed E-state index contributed by atoms with van der Waals surface area (Å²) >= 11 is 0.886. The van der Waals surface area contributed by atoms with Crippen LogP contribution in [0, 0.1) is 5.92 Å². The molecule has 1 unspecified atom stereocenters. The van der Waals surface area contributed by atoms with Crippen LogP contribution in [0.2, 0.25) is 0 Å². The number of nitrogens with one attached hydrogen (secondary N) is 1. The highest BCUT2D eigenvalue weighted by molar-refractivity contribution is 8.14. The molecule has 194 valence electrons. The number of carbonyl (C=O) groups excluding carboxylic acids is 4. The van der Waals surface area contributed by atoms with Crippen molar-refractivity contribution >= 4 is 34.6 Å². The molecule has 3 atom stereocenters. The molecule has 0 spiro atoms. The number of likely N-dealkylation sites (N-methyl/N-ethyl adjacent to an activating group) is 1. The number of nitrogens with two attached hydrogens (primary N) is 1. The van der Waals surface area contributed by atoms with Crippen molar-refractivity contribution in [2.75, 3.05) is 7.05 Å². The van der Waals surface area contributed by atoms with E-state index in [2.05, 4.69) is 5.32 Å². The number of hydrogen-bond acceptors (Lipinski definition) is 6. The number of nitrogens with zero attached hydrogens (tertiary/aromatic N) is 1. The van der Waals surface area contributed by atoms with Crippen LogP contribution >= 0.6 is 11.8 Å². The maximum Gasteiger partial charge on any atom is 0.246 e. The Morgan fingerprint density at radius 3 is 1.97 bits per heavy atom. The standard InChI is InChI=1S/C28H37N3O4S/c1-19(2)17-23(29)27(34)31(24(26(33)30-4)18-22-13-9-6-10-14-22)28(35)25(36-20(3)32)16-15-21-11-7-5-8-12-21/h5-14,19,23-25H,15-18,29H2,1-4H3,(H,30,33)/t23-,24-,25?/m0/s1. The summed E-state index contributed by atoms with van der Waals surface area (Å²) in [4.78, 5) is 53.8. The topological polar surface area (TPSA) is 110 Å². The minimum absolute atomic E-state index is 0.119. The van der Waals surface area contributed by atoms with Crippen LogP contribution in [0.4, 0.5) is 0 Å². The number of aryl methyl sites for hydroxylation is 1. The molecule has 3 N–H and O–H groups in total. The van der Waals surface area contributed by atoms with Crippen LogP contribution < -0.4 is 11.1 Å². The van der Waals surface area contributed by atoms with Gasteiger partial charge in [-0.05, 0) is 36.3 Å². The van der Waals surface area contributed by atoms with Crippen LogP contribution in [0.1, 0.15) is 44.7 Å². The number of hydrogen-bond donors (Lipinski definition) is 2. The van der Waals surface area contributed by atoms with Gasteiger partial charge in [-0.3, -0.25) is 24.1 Å². The van der Waals surface area contributed by atoms with Crippen molar-refractivity contribution in [3.05, 3.63) is 71.8 Å². The maximum atomic E-state index is 14.0. The number of carbonyl (C=O) groups is 4. The molecule has 2 aromatic rings. The molecule has 2 aromatic carbocycles. The number of imide groups is 1.